The molecular weight excluding hydrogens is 456 g/mol. The second kappa shape index (κ2) is 8.16. The molecule has 0 saturated heterocycles. The molecule has 3 aliphatic carbocycles. The molecule has 34 heavy (non-hydrogen) atoms. The van der Waals surface area contributed by atoms with E-state index < -0.39 is 20.4 Å². The highest BCUT2D eigenvalue weighted by Gasteiger charge is 2.58. The van der Waals surface area contributed by atoms with Gasteiger partial charge in [0.25, 0.3) is 5.69 Å². The van der Waals surface area contributed by atoms with Gasteiger partial charge < -0.3 is 5.11 Å². The van der Waals surface area contributed by atoms with E-state index in [0.717, 1.165) is 25.7 Å². The lowest BCUT2D eigenvalue weighted by molar-refractivity contribution is -0.384. The molecule has 5 atom stereocenters. The van der Waals surface area contributed by atoms with E-state index in [1.807, 2.05) is 19.1 Å². The number of hydrogen-bond donors (Lipinski definition) is 2. The Morgan fingerprint density at radius 1 is 1.18 bits per heavy atom. The van der Waals surface area contributed by atoms with Gasteiger partial charge in [-0.25, -0.2) is 13.1 Å². The largest absolute Gasteiger partial charge is 0.508 e. The summed E-state index contributed by atoms with van der Waals surface area (Å²) >= 11 is 0. The van der Waals surface area contributed by atoms with Gasteiger partial charge in [-0.2, -0.15) is 0 Å². The third kappa shape index (κ3) is 3.71. The molecule has 0 aromatic heterocycles. The van der Waals surface area contributed by atoms with Crippen LogP contribution in [0.5, 0.6) is 5.75 Å². The van der Waals surface area contributed by atoms with Crippen LogP contribution in [-0.4, -0.2) is 30.8 Å². The van der Waals surface area contributed by atoms with Gasteiger partial charge in [0.15, 0.2) is 0 Å². The van der Waals surface area contributed by atoms with Crippen LogP contribution in [0.25, 0.3) is 0 Å². The predicted molar refractivity (Wildman–Crippen MR) is 125 cm³/mol. The number of hydrogen-bond acceptors (Lipinski definition) is 6. The van der Waals surface area contributed by atoms with Crippen LogP contribution >= 0.6 is 0 Å². The van der Waals surface area contributed by atoms with Crippen molar-refractivity contribution < 1.29 is 23.2 Å². The first-order chi connectivity index (χ1) is 16.1. The number of ketones is 1. The number of non-ortho nitro benzene ring substituents is 1. The molecule has 0 bridgehead atoms. The molecule has 2 aromatic carbocycles. The summed E-state index contributed by atoms with van der Waals surface area (Å²) in [4.78, 5) is 23.4. The number of benzene rings is 2. The number of Topliss-reactive ketones (excluding diaryl/α,β-unsaturated/α-hetero) is 1. The Morgan fingerprint density at radius 2 is 1.91 bits per heavy atom. The van der Waals surface area contributed by atoms with Gasteiger partial charge in [0.2, 0.25) is 10.0 Å². The maximum absolute atomic E-state index is 13.1. The van der Waals surface area contributed by atoms with Gasteiger partial charge in [-0.05, 0) is 84.7 Å². The van der Waals surface area contributed by atoms with Gasteiger partial charge in [0.05, 0.1) is 9.82 Å². The van der Waals surface area contributed by atoms with Crippen molar-refractivity contribution in [2.75, 3.05) is 6.54 Å². The molecule has 180 valence electrons. The standard InChI is InChI=1S/C25H28N2O6S/c1-25-11-10-21-20-9-5-18(28)12-15(20)2-8-22(21)24(25)16(13-23(25)29)14-26-34(32,33)19-6-3-17(4-7-19)27(30)31/h3-7,9,12,16,21-22,24,26,28H,2,8,10-11,13-14H2,1H3/t16-,21?,22?,24?,25?/m1/s1. The Bertz CT molecular complexity index is 1260. The zero-order chi connectivity index (χ0) is 24.3. The van der Waals surface area contributed by atoms with Crippen LogP contribution in [0.4, 0.5) is 5.69 Å². The van der Waals surface area contributed by atoms with Gasteiger partial charge in [0, 0.05) is 30.5 Å². The van der Waals surface area contributed by atoms with Crippen LogP contribution in [0.1, 0.15) is 49.7 Å². The maximum Gasteiger partial charge on any atom is 0.269 e. The number of aromatic hydroxyl groups is 1. The smallest absolute Gasteiger partial charge is 0.269 e. The molecule has 4 unspecified atom stereocenters. The van der Waals surface area contributed by atoms with E-state index in [1.165, 1.54) is 35.4 Å². The van der Waals surface area contributed by atoms with Gasteiger partial charge in [-0.3, -0.25) is 14.9 Å². The third-order valence-electron chi connectivity index (χ3n) is 8.45. The van der Waals surface area contributed by atoms with E-state index in [0.29, 0.717) is 12.3 Å². The molecule has 9 heteroatoms. The number of nitrogens with zero attached hydrogens (tertiary/aromatic N) is 1. The lowest BCUT2D eigenvalue weighted by Gasteiger charge is -2.49. The molecule has 2 saturated carbocycles. The fourth-order valence-electron chi connectivity index (χ4n) is 6.86. The first-order valence-electron chi connectivity index (χ1n) is 11.7. The van der Waals surface area contributed by atoms with Crippen molar-refractivity contribution in [2.24, 2.45) is 23.2 Å². The van der Waals surface area contributed by atoms with Gasteiger partial charge in [-0.15, -0.1) is 0 Å². The fraction of sp³-hybridized carbons (Fsp3) is 0.480. The van der Waals surface area contributed by atoms with Crippen molar-refractivity contribution >= 4 is 21.5 Å². The average molecular weight is 485 g/mol. The van der Waals surface area contributed by atoms with Crippen molar-refractivity contribution in [1.29, 1.82) is 0 Å². The second-order valence-corrected chi connectivity index (χ2v) is 11.9. The number of rotatable bonds is 5. The minimum Gasteiger partial charge on any atom is -0.508 e. The molecule has 0 heterocycles. The Labute approximate surface area is 198 Å². The first kappa shape index (κ1) is 23.0. The van der Waals surface area contributed by atoms with Gasteiger partial charge in [-0.1, -0.05) is 13.0 Å². The number of fused-ring (bicyclic) bond motifs is 5. The van der Waals surface area contributed by atoms with Crippen LogP contribution in [0.2, 0.25) is 0 Å². The zero-order valence-electron chi connectivity index (χ0n) is 18.9. The summed E-state index contributed by atoms with van der Waals surface area (Å²) in [5.74, 6) is 1.06. The highest BCUT2D eigenvalue weighted by Crippen LogP contribution is 2.61. The van der Waals surface area contributed by atoms with Crippen molar-refractivity contribution in [3.63, 3.8) is 0 Å². The first-order valence-corrected chi connectivity index (χ1v) is 13.2. The van der Waals surface area contributed by atoms with Gasteiger partial charge >= 0.3 is 0 Å². The van der Waals surface area contributed by atoms with Crippen molar-refractivity contribution in [3.8, 4) is 5.75 Å². The summed E-state index contributed by atoms with van der Waals surface area (Å²) < 4.78 is 28.4. The number of aryl methyl sites for hydroxylation is 1. The molecule has 2 aromatic rings. The maximum atomic E-state index is 13.1. The topological polar surface area (TPSA) is 127 Å². The highest BCUT2D eigenvalue weighted by molar-refractivity contribution is 7.89. The summed E-state index contributed by atoms with van der Waals surface area (Å²) in [5.41, 5.74) is 1.81. The molecule has 0 spiro atoms. The van der Waals surface area contributed by atoms with E-state index in [4.69, 9.17) is 0 Å². The molecule has 2 N–H and O–H groups in total. The number of carbonyl (C=O) groups is 1. The third-order valence-corrected chi connectivity index (χ3v) is 9.89. The quantitative estimate of drug-likeness (QED) is 0.489. The minimum atomic E-state index is -3.86. The number of nitrogens with one attached hydrogen (secondary N) is 1. The van der Waals surface area contributed by atoms with Crippen LogP contribution in [0.15, 0.2) is 47.4 Å². The van der Waals surface area contributed by atoms with Crippen LogP contribution in [-0.2, 0) is 21.2 Å². The number of nitro benzene ring substituents is 1. The van der Waals surface area contributed by atoms with E-state index in [-0.39, 0.29) is 46.4 Å². The van der Waals surface area contributed by atoms with Crippen molar-refractivity contribution in [2.45, 2.75) is 49.8 Å². The SMILES string of the molecule is CC12CCC3c4ccc(O)cc4CCC3C1[C@@H](CNS(=O)(=O)c1ccc([N+](=O)[O-])cc1)CC2=O. The predicted octanol–water partition coefficient (Wildman–Crippen LogP) is 3.93. The highest BCUT2D eigenvalue weighted by atomic mass is 32.2. The molecule has 2 fully saturated rings. The number of phenolic OH excluding ortho intramolecular Hbond substituents is 1. The van der Waals surface area contributed by atoms with E-state index >= 15 is 0 Å². The number of phenols is 1. The number of nitro groups is 1. The summed E-state index contributed by atoms with van der Waals surface area (Å²) in [7, 11) is -3.86. The van der Waals surface area contributed by atoms with Crippen molar-refractivity contribution in [1.82, 2.24) is 4.72 Å². The molecule has 0 radical (unpaired) electrons. The fourth-order valence-corrected chi connectivity index (χ4v) is 7.95. The van der Waals surface area contributed by atoms with Gasteiger partial charge in [0.1, 0.15) is 11.5 Å². The zero-order valence-corrected chi connectivity index (χ0v) is 19.8. The van der Waals surface area contributed by atoms with E-state index in [9.17, 15) is 28.4 Å². The summed E-state index contributed by atoms with van der Waals surface area (Å²) in [5, 5.41) is 20.8. The number of sulfonamides is 1. The average Bonchev–Trinajstić information content (AvgIpc) is 3.07. The second-order valence-electron chi connectivity index (χ2n) is 10.2. The van der Waals surface area contributed by atoms with Crippen LogP contribution in [0.3, 0.4) is 0 Å². The molecule has 3 aliphatic rings. The van der Waals surface area contributed by atoms with Crippen molar-refractivity contribution in [3.05, 3.63) is 63.7 Å². The van der Waals surface area contributed by atoms with E-state index in [1.54, 1.807) is 6.07 Å². The Kier molecular flexibility index (Phi) is 5.52. The minimum absolute atomic E-state index is 0.0295. The molecule has 8 nitrogen and oxygen atoms in total. The summed E-state index contributed by atoms with van der Waals surface area (Å²) in [6.07, 6.45) is 3.81. The monoisotopic (exact) mass is 484 g/mol. The van der Waals surface area contributed by atoms with Crippen LogP contribution < -0.4 is 4.72 Å². The van der Waals surface area contributed by atoms with E-state index in [2.05, 4.69) is 4.72 Å². The Hall–Kier alpha value is -2.78. The molecule has 5 rings (SSSR count). The lowest BCUT2D eigenvalue weighted by atomic mass is 9.54. The lowest BCUT2D eigenvalue weighted by Crippen LogP contribution is -2.46. The van der Waals surface area contributed by atoms with Crippen LogP contribution in [0, 0.1) is 33.3 Å². The number of carbonyl (C=O) groups excluding carboxylic acids is 1. The normalized spacial score (nSPS) is 30.3. The molecule has 0 aliphatic heterocycles. The summed E-state index contributed by atoms with van der Waals surface area (Å²) in [6.45, 7) is 2.21. The molecule has 0 amide bonds. The Balaban J connectivity index is 1.38. The summed E-state index contributed by atoms with van der Waals surface area (Å²) in [6, 6.07) is 10.4. The Morgan fingerprint density at radius 3 is 2.62 bits per heavy atom. The molecular formula is C25H28N2O6S.